The van der Waals surface area contributed by atoms with Crippen LogP contribution < -0.4 is 14.5 Å². The topological polar surface area (TPSA) is 33.5 Å². The maximum atomic E-state index is 7.00. The third kappa shape index (κ3) is 10.2. The molecule has 0 aliphatic carbocycles. The molecule has 0 N–H and O–H groups in total. The van der Waals surface area contributed by atoms with E-state index in [4.69, 9.17) is 9.72 Å². The molecule has 2 aromatic heterocycles. The van der Waals surface area contributed by atoms with Gasteiger partial charge < -0.3 is 19.1 Å². The van der Waals surface area contributed by atoms with Crippen LogP contribution in [0.3, 0.4) is 0 Å². The van der Waals surface area contributed by atoms with Gasteiger partial charge in [0.2, 0.25) is 0 Å². The van der Waals surface area contributed by atoms with Crippen LogP contribution in [-0.4, -0.2) is 9.55 Å². The fourth-order valence-corrected chi connectivity index (χ4v) is 10.6. The van der Waals surface area contributed by atoms with Crippen molar-refractivity contribution < 1.29 is 25.8 Å². The Labute approximate surface area is 462 Å². The molecule has 0 spiro atoms. The number of ether oxygens (including phenoxy) is 1. The van der Waals surface area contributed by atoms with Gasteiger partial charge in [0.25, 0.3) is 0 Å². The largest absolute Gasteiger partial charge is 0.509 e. The first kappa shape index (κ1) is 53.4. The van der Waals surface area contributed by atoms with Gasteiger partial charge in [0.1, 0.15) is 5.82 Å². The average Bonchev–Trinajstić information content (AvgIpc) is 3.91. The maximum absolute atomic E-state index is 7.00. The summed E-state index contributed by atoms with van der Waals surface area (Å²) in [6.45, 7) is 36.7. The fraction of sp³-hybridized carbons (Fsp3) is 0.304. The third-order valence-electron chi connectivity index (χ3n) is 15.2. The average molecular weight is 1170 g/mol. The van der Waals surface area contributed by atoms with E-state index in [9.17, 15) is 0 Å². The molecule has 0 bridgehead atoms. The first-order valence-electron chi connectivity index (χ1n) is 26.6. The molecular formula is C69H73N4OPt-3. The van der Waals surface area contributed by atoms with E-state index in [0.717, 1.165) is 55.9 Å². The summed E-state index contributed by atoms with van der Waals surface area (Å²) in [4.78, 5) is 9.71. The monoisotopic (exact) mass is 1170 g/mol. The molecule has 7 aromatic carbocycles. The van der Waals surface area contributed by atoms with Crippen molar-refractivity contribution in [2.24, 2.45) is 0 Å². The van der Waals surface area contributed by atoms with Crippen molar-refractivity contribution in [3.05, 3.63) is 210 Å². The molecule has 1 aliphatic rings. The van der Waals surface area contributed by atoms with Crippen LogP contribution in [0.2, 0.25) is 0 Å². The van der Waals surface area contributed by atoms with E-state index in [1.807, 2.05) is 12.3 Å². The number of fused-ring (bicyclic) bond motifs is 4. The van der Waals surface area contributed by atoms with E-state index < -0.39 is 0 Å². The second-order valence-corrected chi connectivity index (χ2v) is 24.8. The summed E-state index contributed by atoms with van der Waals surface area (Å²) in [5.41, 5.74) is 17.1. The van der Waals surface area contributed by atoms with Crippen LogP contribution in [0.4, 0.5) is 22.7 Å². The predicted octanol–water partition coefficient (Wildman–Crippen LogP) is 19.1. The van der Waals surface area contributed by atoms with Gasteiger partial charge in [-0.25, -0.2) is 4.98 Å². The second kappa shape index (κ2) is 19.9. The minimum atomic E-state index is -0.240. The third-order valence-corrected chi connectivity index (χ3v) is 15.2. The maximum Gasteiger partial charge on any atom is 0.135 e. The van der Waals surface area contributed by atoms with Gasteiger partial charge in [0, 0.05) is 66.8 Å². The van der Waals surface area contributed by atoms with E-state index in [-0.39, 0.29) is 42.7 Å². The van der Waals surface area contributed by atoms with Gasteiger partial charge >= 0.3 is 0 Å². The first-order valence-corrected chi connectivity index (χ1v) is 26.6. The minimum absolute atomic E-state index is 0. The van der Waals surface area contributed by atoms with Crippen molar-refractivity contribution in [3.8, 4) is 28.4 Å². The van der Waals surface area contributed by atoms with E-state index in [1.54, 1.807) is 0 Å². The Balaban J connectivity index is 0.00000689. The van der Waals surface area contributed by atoms with Crippen LogP contribution in [0, 0.1) is 18.8 Å². The molecule has 5 nitrogen and oxygen atoms in total. The van der Waals surface area contributed by atoms with Crippen molar-refractivity contribution in [3.63, 3.8) is 0 Å². The van der Waals surface area contributed by atoms with Crippen LogP contribution in [-0.2, 0) is 42.7 Å². The Morgan fingerprint density at radius 3 is 1.77 bits per heavy atom. The van der Waals surface area contributed by atoms with E-state index >= 15 is 0 Å². The van der Waals surface area contributed by atoms with Crippen LogP contribution in [0.5, 0.6) is 11.5 Å². The summed E-state index contributed by atoms with van der Waals surface area (Å²) >= 11 is 0. The number of rotatable bonds is 10. The summed E-state index contributed by atoms with van der Waals surface area (Å²) in [5, 5.41) is 2.22. The second-order valence-electron chi connectivity index (χ2n) is 24.8. The summed E-state index contributed by atoms with van der Waals surface area (Å²) in [6, 6.07) is 60.8. The molecule has 388 valence electrons. The Kier molecular flexibility index (Phi) is 14.2. The van der Waals surface area contributed by atoms with E-state index in [1.165, 1.54) is 44.5 Å². The number of hydrogen-bond acceptors (Lipinski definition) is 4. The van der Waals surface area contributed by atoms with Gasteiger partial charge in [-0.1, -0.05) is 188 Å². The number of nitrogens with zero attached hydrogens (tertiary/aromatic N) is 4. The molecule has 0 amide bonds. The van der Waals surface area contributed by atoms with Crippen LogP contribution in [0.15, 0.2) is 152 Å². The Bertz CT molecular complexity index is 3500. The van der Waals surface area contributed by atoms with Crippen LogP contribution in [0.1, 0.15) is 155 Å². The number of aromatic nitrogens is 2. The zero-order chi connectivity index (χ0) is 52.6. The molecular weight excluding hydrogens is 1100 g/mol. The number of pyridine rings is 1. The SMILES string of the molecule is CC(C)c1cccc(C(C)C)c1-c1ccc2c(c1)N(c1cc(C(C)(C)C)cc(C(C)(C)C)c1)[CH-]N2c1[c-]c(Oc2[c-]c3c(cc2)c2ccccc2n3-c2cc(C(C)(C)c3ccccc3)ccn2)cc(C(C)(C)C)c1.[Pt]. The number of para-hydroxylation sites is 1. The molecule has 0 radical (unpaired) electrons. The van der Waals surface area contributed by atoms with Gasteiger partial charge in [-0.15, -0.1) is 53.6 Å². The smallest absolute Gasteiger partial charge is 0.135 e. The minimum Gasteiger partial charge on any atom is -0.509 e. The van der Waals surface area contributed by atoms with Crippen molar-refractivity contribution >= 4 is 44.6 Å². The standard InChI is InChI=1S/C69H73N4O.Pt/c1-44(2)56-25-21-26-57(45(3)4)65(56)46-28-31-61-63(34-46)72(52-36-49(66(5,6)7)35-50(37-52)67(8,9)10)43-71(61)53-38-51(68(11,12)13)39-55(41-53)74-54-29-30-59-58-24-19-20-27-60(58)73(62(59)42-54)64-40-48(32-33-70-64)69(14,15)47-22-17-16-18-23-47;/h16-40,43-45H,1-15H3;/q-3;. The normalized spacial score (nSPS) is 13.3. The molecule has 3 heterocycles. The Morgan fingerprint density at radius 2 is 1.13 bits per heavy atom. The molecule has 0 fully saturated rings. The van der Waals surface area contributed by atoms with Gasteiger partial charge in [-0.2, -0.15) is 6.07 Å². The quantitative estimate of drug-likeness (QED) is 0.128. The number of benzene rings is 7. The van der Waals surface area contributed by atoms with Crippen LogP contribution in [0.25, 0.3) is 38.8 Å². The van der Waals surface area contributed by atoms with E-state index in [2.05, 4.69) is 277 Å². The van der Waals surface area contributed by atoms with Crippen molar-refractivity contribution in [1.29, 1.82) is 0 Å². The summed E-state index contributed by atoms with van der Waals surface area (Å²) in [7, 11) is 0. The Hall–Kier alpha value is -6.42. The number of anilines is 4. The molecule has 0 unspecified atom stereocenters. The molecule has 10 rings (SSSR count). The van der Waals surface area contributed by atoms with Crippen molar-refractivity contribution in [2.45, 2.75) is 137 Å². The van der Waals surface area contributed by atoms with Crippen molar-refractivity contribution in [2.75, 3.05) is 9.80 Å². The van der Waals surface area contributed by atoms with Gasteiger partial charge in [0.05, 0.1) is 0 Å². The zero-order valence-corrected chi connectivity index (χ0v) is 49.0. The van der Waals surface area contributed by atoms with Crippen molar-refractivity contribution in [1.82, 2.24) is 9.55 Å². The van der Waals surface area contributed by atoms with Crippen LogP contribution >= 0.6 is 0 Å². The molecule has 0 saturated heterocycles. The Morgan fingerprint density at radius 1 is 0.507 bits per heavy atom. The van der Waals surface area contributed by atoms with Gasteiger partial charge in [-0.3, -0.25) is 0 Å². The molecule has 0 atom stereocenters. The fourth-order valence-electron chi connectivity index (χ4n) is 10.6. The predicted molar refractivity (Wildman–Crippen MR) is 313 cm³/mol. The molecule has 75 heavy (non-hydrogen) atoms. The molecule has 0 saturated carbocycles. The summed E-state index contributed by atoms with van der Waals surface area (Å²) < 4.78 is 9.23. The number of hydrogen-bond donors (Lipinski definition) is 0. The van der Waals surface area contributed by atoms with E-state index in [0.29, 0.717) is 23.3 Å². The summed E-state index contributed by atoms with van der Waals surface area (Å²) in [5.74, 6) is 2.79. The van der Waals surface area contributed by atoms with Gasteiger partial charge in [0.15, 0.2) is 0 Å². The molecule has 9 aromatic rings. The molecule has 6 heteroatoms. The molecule has 1 aliphatic heterocycles. The van der Waals surface area contributed by atoms with Gasteiger partial charge in [-0.05, 0) is 120 Å². The summed E-state index contributed by atoms with van der Waals surface area (Å²) in [6.07, 6.45) is 1.93. The zero-order valence-electron chi connectivity index (χ0n) is 46.7. The first-order chi connectivity index (χ1) is 35.0.